The van der Waals surface area contributed by atoms with Gasteiger partial charge in [0.25, 0.3) is 8.32 Å². The van der Waals surface area contributed by atoms with Crippen molar-refractivity contribution in [1.82, 2.24) is 0 Å². The van der Waals surface area contributed by atoms with Crippen molar-refractivity contribution in [3.63, 3.8) is 0 Å². The van der Waals surface area contributed by atoms with Gasteiger partial charge in [-0.3, -0.25) is 0 Å². The van der Waals surface area contributed by atoms with Gasteiger partial charge in [0.2, 0.25) is 0 Å². The largest absolute Gasteiger partial charge is 0.543 e. The summed E-state index contributed by atoms with van der Waals surface area (Å²) in [5.74, 6) is 0.350. The summed E-state index contributed by atoms with van der Waals surface area (Å²) in [6.07, 6.45) is -1.38. The average Bonchev–Trinajstić information content (AvgIpc) is 2.81. The van der Waals surface area contributed by atoms with Gasteiger partial charge in [0.15, 0.2) is 0 Å². The zero-order valence-corrected chi connectivity index (χ0v) is 24.4. The molecule has 0 bridgehead atoms. The van der Waals surface area contributed by atoms with Crippen molar-refractivity contribution >= 4 is 31.5 Å². The number of rotatable bonds is 9. The highest BCUT2D eigenvalue weighted by molar-refractivity contribution is 6.78. The van der Waals surface area contributed by atoms with E-state index in [1.54, 1.807) is 30.3 Å². The van der Waals surface area contributed by atoms with Crippen LogP contribution in [0.2, 0.25) is 26.7 Å². The molecular weight excluding hydrogens is 514 g/mol. The van der Waals surface area contributed by atoms with Crippen molar-refractivity contribution < 1.29 is 18.7 Å². The molecule has 3 nitrogen and oxygen atoms in total. The van der Waals surface area contributed by atoms with Gasteiger partial charge in [0.1, 0.15) is 23.4 Å². The summed E-state index contributed by atoms with van der Waals surface area (Å²) >= 11 is 13.3. The van der Waals surface area contributed by atoms with E-state index in [0.717, 1.165) is 0 Å². The molecule has 0 aliphatic rings. The summed E-state index contributed by atoms with van der Waals surface area (Å²) in [4.78, 5) is 0. The third-order valence-corrected chi connectivity index (χ3v) is 13.7. The Hall–Kier alpha value is -2.05. The Kier molecular flexibility index (Phi) is 9.15. The number of methoxy groups -OCH3 is 1. The number of ether oxygens (including phenoxy) is 1. The minimum atomic E-state index is -2.24. The molecule has 0 aliphatic heterocycles. The zero-order chi connectivity index (χ0) is 26.8. The van der Waals surface area contributed by atoms with E-state index in [1.165, 1.54) is 13.2 Å². The van der Waals surface area contributed by atoms with Gasteiger partial charge in [0.05, 0.1) is 22.7 Å². The lowest BCUT2D eigenvalue weighted by Crippen LogP contribution is -2.50. The monoisotopic (exact) mass is 548 g/mol. The molecule has 0 fully saturated rings. The van der Waals surface area contributed by atoms with E-state index in [4.69, 9.17) is 32.4 Å². The Labute approximate surface area is 225 Å². The van der Waals surface area contributed by atoms with Crippen LogP contribution in [0.25, 0.3) is 11.1 Å². The lowest BCUT2D eigenvalue weighted by Gasteiger charge is -2.42. The first kappa shape index (κ1) is 28.5. The summed E-state index contributed by atoms with van der Waals surface area (Å²) in [6, 6.07) is 15.6. The quantitative estimate of drug-likeness (QED) is 0.270. The Morgan fingerprint density at radius 1 is 0.833 bits per heavy atom. The molecule has 36 heavy (non-hydrogen) atoms. The SMILES string of the molecule is COc1ccc(C(O)c2c(Cl)cc(O[Si](C(C)C)(C(C)C)C(C)C)cc2Cl)c(F)c1-c1ccccc1. The molecule has 0 saturated heterocycles. The molecule has 3 aromatic rings. The van der Waals surface area contributed by atoms with Gasteiger partial charge in [-0.25, -0.2) is 4.39 Å². The van der Waals surface area contributed by atoms with Crippen LogP contribution in [0.1, 0.15) is 58.8 Å². The Balaban J connectivity index is 2.07. The molecule has 0 amide bonds. The van der Waals surface area contributed by atoms with Gasteiger partial charge < -0.3 is 14.3 Å². The third-order valence-electron chi connectivity index (χ3n) is 7.04. The topological polar surface area (TPSA) is 38.7 Å². The van der Waals surface area contributed by atoms with Crippen LogP contribution in [0, 0.1) is 5.82 Å². The Bertz CT molecular complexity index is 1150. The second-order valence-corrected chi connectivity index (χ2v) is 16.2. The summed E-state index contributed by atoms with van der Waals surface area (Å²) < 4.78 is 27.9. The second-order valence-electron chi connectivity index (χ2n) is 10.0. The lowest BCUT2D eigenvalue weighted by molar-refractivity contribution is 0.215. The van der Waals surface area contributed by atoms with Crippen LogP contribution in [-0.2, 0) is 0 Å². The molecule has 1 N–H and O–H groups in total. The van der Waals surface area contributed by atoms with Crippen LogP contribution >= 0.6 is 23.2 Å². The molecule has 3 rings (SSSR count). The highest BCUT2D eigenvalue weighted by Gasteiger charge is 2.47. The Morgan fingerprint density at radius 3 is 1.83 bits per heavy atom. The van der Waals surface area contributed by atoms with Crippen LogP contribution in [-0.4, -0.2) is 20.5 Å². The Morgan fingerprint density at radius 2 is 1.36 bits per heavy atom. The average molecular weight is 550 g/mol. The number of aliphatic hydroxyl groups excluding tert-OH is 1. The minimum absolute atomic E-state index is 0.0578. The standard InChI is InChI=1S/C29H35Cl2FO3Si/c1-17(2)36(18(3)4,19(5)6)35-21-15-23(30)27(24(31)16-21)29(33)22-13-14-25(34-7)26(28(22)32)20-11-9-8-10-12-20/h8-19,29,33H,1-7H3. The predicted molar refractivity (Wildman–Crippen MR) is 151 cm³/mol. The molecule has 194 valence electrons. The summed E-state index contributed by atoms with van der Waals surface area (Å²) in [6.45, 7) is 13.2. The molecule has 7 heteroatoms. The molecule has 0 saturated carbocycles. The molecule has 0 spiro atoms. The first-order valence-electron chi connectivity index (χ1n) is 12.2. The van der Waals surface area contributed by atoms with Crippen molar-refractivity contribution in [2.24, 2.45) is 0 Å². The molecule has 1 atom stereocenters. The van der Waals surface area contributed by atoms with Gasteiger partial charge >= 0.3 is 0 Å². The van der Waals surface area contributed by atoms with Gasteiger partial charge in [-0.1, -0.05) is 95.1 Å². The molecule has 0 radical (unpaired) electrons. The maximum absolute atomic E-state index is 15.8. The molecule has 0 aliphatic carbocycles. The van der Waals surface area contributed by atoms with Crippen molar-refractivity contribution in [3.8, 4) is 22.6 Å². The molecule has 3 aromatic carbocycles. The highest BCUT2D eigenvalue weighted by Crippen LogP contribution is 2.46. The number of hydrogen-bond donors (Lipinski definition) is 1. The predicted octanol–water partition coefficient (Wildman–Crippen LogP) is 9.44. The van der Waals surface area contributed by atoms with E-state index in [-0.39, 0.29) is 26.7 Å². The molecular formula is C29H35Cl2FO3Si. The molecule has 0 aromatic heterocycles. The van der Waals surface area contributed by atoms with Crippen LogP contribution in [0.4, 0.5) is 4.39 Å². The van der Waals surface area contributed by atoms with E-state index < -0.39 is 20.2 Å². The van der Waals surface area contributed by atoms with Crippen molar-refractivity contribution in [2.75, 3.05) is 7.11 Å². The molecule has 1 unspecified atom stereocenters. The number of benzene rings is 3. The first-order valence-corrected chi connectivity index (χ1v) is 15.1. The first-order chi connectivity index (χ1) is 16.9. The van der Waals surface area contributed by atoms with Gasteiger partial charge in [-0.2, -0.15) is 0 Å². The highest BCUT2D eigenvalue weighted by atomic mass is 35.5. The van der Waals surface area contributed by atoms with E-state index in [1.807, 2.05) is 18.2 Å². The van der Waals surface area contributed by atoms with E-state index in [0.29, 0.717) is 33.7 Å². The second kappa shape index (κ2) is 11.6. The van der Waals surface area contributed by atoms with Crippen LogP contribution in [0.3, 0.4) is 0 Å². The fourth-order valence-electron chi connectivity index (χ4n) is 5.42. The van der Waals surface area contributed by atoms with Crippen LogP contribution in [0.5, 0.6) is 11.5 Å². The minimum Gasteiger partial charge on any atom is -0.543 e. The number of aliphatic hydroxyl groups is 1. The lowest BCUT2D eigenvalue weighted by atomic mass is 9.95. The van der Waals surface area contributed by atoms with Crippen molar-refractivity contribution in [2.45, 2.75) is 64.3 Å². The van der Waals surface area contributed by atoms with E-state index in [9.17, 15) is 5.11 Å². The van der Waals surface area contributed by atoms with Gasteiger partial charge in [-0.05, 0) is 46.5 Å². The fraction of sp³-hybridized carbons (Fsp3) is 0.379. The third kappa shape index (κ3) is 5.30. The zero-order valence-electron chi connectivity index (χ0n) is 21.9. The summed E-state index contributed by atoms with van der Waals surface area (Å²) in [5.41, 5.74) is 2.30. The van der Waals surface area contributed by atoms with E-state index in [2.05, 4.69) is 41.5 Å². The smallest absolute Gasteiger partial charge is 0.258 e. The van der Waals surface area contributed by atoms with Crippen molar-refractivity contribution in [3.05, 3.63) is 81.6 Å². The molecule has 0 heterocycles. The maximum atomic E-state index is 15.8. The fourth-order valence-corrected chi connectivity index (χ4v) is 11.3. The van der Waals surface area contributed by atoms with Gasteiger partial charge in [-0.15, -0.1) is 0 Å². The number of halogens is 3. The summed E-state index contributed by atoms with van der Waals surface area (Å²) in [5, 5.41) is 11.7. The van der Waals surface area contributed by atoms with E-state index >= 15 is 4.39 Å². The normalized spacial score (nSPS) is 12.9. The van der Waals surface area contributed by atoms with Crippen LogP contribution < -0.4 is 9.16 Å². The maximum Gasteiger partial charge on any atom is 0.258 e. The van der Waals surface area contributed by atoms with Gasteiger partial charge in [0, 0.05) is 11.1 Å². The van der Waals surface area contributed by atoms with Crippen LogP contribution in [0.15, 0.2) is 54.6 Å². The van der Waals surface area contributed by atoms with Crippen molar-refractivity contribution in [1.29, 1.82) is 0 Å². The summed E-state index contributed by atoms with van der Waals surface area (Å²) in [7, 11) is -0.756. The number of hydrogen-bond acceptors (Lipinski definition) is 3.